The zero-order valence-corrected chi connectivity index (χ0v) is 18.6. The standard InChI is InChI=1S/C25H29N3O4/c1-18-6-3-7-19(14-18)24(30)26-10-5-11-27(13-12-26)25(31)20-15-23(29)28(17-20)21-8-4-9-22(16-21)32-2/h3-4,6-9,14,16,20H,5,10-13,15,17H2,1-2H3. The Balaban J connectivity index is 1.39. The lowest BCUT2D eigenvalue weighted by Crippen LogP contribution is -2.40. The zero-order valence-electron chi connectivity index (χ0n) is 18.6. The smallest absolute Gasteiger partial charge is 0.253 e. The minimum Gasteiger partial charge on any atom is -0.497 e. The number of methoxy groups -OCH3 is 1. The number of hydrogen-bond acceptors (Lipinski definition) is 4. The Morgan fingerprint density at radius 3 is 2.50 bits per heavy atom. The molecule has 32 heavy (non-hydrogen) atoms. The van der Waals surface area contributed by atoms with Gasteiger partial charge in [-0.15, -0.1) is 0 Å². The Morgan fingerprint density at radius 2 is 1.72 bits per heavy atom. The van der Waals surface area contributed by atoms with Crippen molar-refractivity contribution >= 4 is 23.4 Å². The molecule has 2 aliphatic rings. The molecule has 2 fully saturated rings. The summed E-state index contributed by atoms with van der Waals surface area (Å²) in [5.41, 5.74) is 2.48. The predicted molar refractivity (Wildman–Crippen MR) is 122 cm³/mol. The van der Waals surface area contributed by atoms with E-state index in [9.17, 15) is 14.4 Å². The van der Waals surface area contributed by atoms with Crippen LogP contribution in [0, 0.1) is 12.8 Å². The number of carbonyl (C=O) groups excluding carboxylic acids is 3. The normalized spacial score (nSPS) is 19.1. The van der Waals surface area contributed by atoms with Gasteiger partial charge in [-0.3, -0.25) is 14.4 Å². The third-order valence-corrected chi connectivity index (χ3v) is 6.20. The van der Waals surface area contributed by atoms with Crippen LogP contribution in [0.5, 0.6) is 5.75 Å². The molecule has 0 spiro atoms. The highest BCUT2D eigenvalue weighted by atomic mass is 16.5. The highest BCUT2D eigenvalue weighted by molar-refractivity contribution is 6.00. The fourth-order valence-electron chi connectivity index (χ4n) is 4.46. The molecular formula is C25H29N3O4. The molecule has 0 N–H and O–H groups in total. The van der Waals surface area contributed by atoms with Gasteiger partial charge in [-0.25, -0.2) is 0 Å². The molecule has 2 heterocycles. The Kier molecular flexibility index (Phi) is 6.44. The average molecular weight is 436 g/mol. The number of nitrogens with zero attached hydrogens (tertiary/aromatic N) is 3. The number of anilines is 1. The van der Waals surface area contributed by atoms with Gasteiger partial charge in [0.05, 0.1) is 13.0 Å². The second kappa shape index (κ2) is 9.42. The van der Waals surface area contributed by atoms with Crippen molar-refractivity contribution in [3.05, 3.63) is 59.7 Å². The fourth-order valence-corrected chi connectivity index (χ4v) is 4.46. The van der Waals surface area contributed by atoms with E-state index in [-0.39, 0.29) is 30.1 Å². The molecule has 1 atom stereocenters. The van der Waals surface area contributed by atoms with E-state index in [1.165, 1.54) is 0 Å². The minimum absolute atomic E-state index is 0.00300. The molecule has 0 radical (unpaired) electrons. The summed E-state index contributed by atoms with van der Waals surface area (Å²) >= 11 is 0. The van der Waals surface area contributed by atoms with Gasteiger partial charge in [0.15, 0.2) is 0 Å². The molecule has 168 valence electrons. The first-order valence-corrected chi connectivity index (χ1v) is 11.1. The number of amides is 3. The quantitative estimate of drug-likeness (QED) is 0.741. The van der Waals surface area contributed by atoms with Crippen molar-refractivity contribution in [1.29, 1.82) is 0 Å². The minimum atomic E-state index is -0.368. The van der Waals surface area contributed by atoms with Crippen LogP contribution < -0.4 is 9.64 Å². The maximum absolute atomic E-state index is 13.2. The maximum atomic E-state index is 13.2. The van der Waals surface area contributed by atoms with Gasteiger partial charge in [0.25, 0.3) is 5.91 Å². The van der Waals surface area contributed by atoms with Gasteiger partial charge in [0.1, 0.15) is 5.75 Å². The van der Waals surface area contributed by atoms with Crippen molar-refractivity contribution in [3.63, 3.8) is 0 Å². The van der Waals surface area contributed by atoms with Gasteiger partial charge in [-0.2, -0.15) is 0 Å². The first kappa shape index (κ1) is 21.9. The molecule has 3 amide bonds. The van der Waals surface area contributed by atoms with Crippen LogP contribution in [0.25, 0.3) is 0 Å². The van der Waals surface area contributed by atoms with E-state index in [1.807, 2.05) is 65.3 Å². The van der Waals surface area contributed by atoms with Gasteiger partial charge >= 0.3 is 0 Å². The second-order valence-corrected chi connectivity index (χ2v) is 8.45. The maximum Gasteiger partial charge on any atom is 0.253 e. The van der Waals surface area contributed by atoms with E-state index in [2.05, 4.69) is 0 Å². The highest BCUT2D eigenvalue weighted by Gasteiger charge is 2.37. The summed E-state index contributed by atoms with van der Waals surface area (Å²) in [5, 5.41) is 0. The van der Waals surface area contributed by atoms with E-state index in [4.69, 9.17) is 4.74 Å². The Bertz CT molecular complexity index is 1020. The first-order chi connectivity index (χ1) is 15.5. The first-order valence-electron chi connectivity index (χ1n) is 11.1. The third-order valence-electron chi connectivity index (χ3n) is 6.20. The van der Waals surface area contributed by atoms with Crippen molar-refractivity contribution in [2.75, 3.05) is 44.7 Å². The van der Waals surface area contributed by atoms with Crippen LogP contribution in [0.4, 0.5) is 5.69 Å². The number of benzene rings is 2. The lowest BCUT2D eigenvalue weighted by atomic mass is 10.1. The summed E-state index contributed by atoms with van der Waals surface area (Å²) in [6.07, 6.45) is 0.933. The van der Waals surface area contributed by atoms with Gasteiger partial charge in [0, 0.05) is 56.5 Å². The summed E-state index contributed by atoms with van der Waals surface area (Å²) in [7, 11) is 1.59. The van der Waals surface area contributed by atoms with Crippen LogP contribution in [-0.2, 0) is 9.59 Å². The Labute approximate surface area is 188 Å². The number of aryl methyl sites for hydroxylation is 1. The summed E-state index contributed by atoms with van der Waals surface area (Å²) < 4.78 is 5.26. The van der Waals surface area contributed by atoms with Crippen LogP contribution >= 0.6 is 0 Å². The molecule has 4 rings (SSSR count). The molecule has 1 unspecified atom stereocenters. The van der Waals surface area contributed by atoms with E-state index < -0.39 is 0 Å². The largest absolute Gasteiger partial charge is 0.497 e. The van der Waals surface area contributed by atoms with Crippen LogP contribution in [0.3, 0.4) is 0 Å². The SMILES string of the molecule is COc1cccc(N2CC(C(=O)N3CCCN(C(=O)c4cccc(C)c4)CC3)CC2=O)c1. The zero-order chi connectivity index (χ0) is 22.7. The number of rotatable bonds is 4. The third kappa shape index (κ3) is 4.61. The van der Waals surface area contributed by atoms with Gasteiger partial charge in [-0.05, 0) is 37.6 Å². The molecule has 0 bridgehead atoms. The molecule has 7 nitrogen and oxygen atoms in total. The molecule has 2 aliphatic heterocycles. The van der Waals surface area contributed by atoms with Gasteiger partial charge in [0.2, 0.25) is 11.8 Å². The summed E-state index contributed by atoms with van der Waals surface area (Å²) in [6, 6.07) is 14.9. The van der Waals surface area contributed by atoms with E-state index in [1.54, 1.807) is 12.0 Å². The number of ether oxygens (including phenoxy) is 1. The van der Waals surface area contributed by atoms with E-state index in [0.29, 0.717) is 44.0 Å². The lowest BCUT2D eigenvalue weighted by Gasteiger charge is -2.25. The molecule has 7 heteroatoms. The van der Waals surface area contributed by atoms with Crippen LogP contribution in [-0.4, -0.2) is 67.4 Å². The molecule has 0 aromatic heterocycles. The topological polar surface area (TPSA) is 70.2 Å². The Morgan fingerprint density at radius 1 is 0.969 bits per heavy atom. The molecule has 0 saturated carbocycles. The average Bonchev–Trinajstić information content (AvgIpc) is 3.03. The van der Waals surface area contributed by atoms with Crippen molar-refractivity contribution in [2.24, 2.45) is 5.92 Å². The van der Waals surface area contributed by atoms with Crippen LogP contribution in [0.15, 0.2) is 48.5 Å². The second-order valence-electron chi connectivity index (χ2n) is 8.45. The molecule has 2 saturated heterocycles. The van der Waals surface area contributed by atoms with E-state index >= 15 is 0 Å². The van der Waals surface area contributed by atoms with E-state index in [0.717, 1.165) is 17.7 Å². The monoisotopic (exact) mass is 435 g/mol. The van der Waals surface area contributed by atoms with Crippen molar-refractivity contribution in [1.82, 2.24) is 9.80 Å². The predicted octanol–water partition coefficient (Wildman–Crippen LogP) is 2.73. The van der Waals surface area contributed by atoms with Gasteiger partial charge < -0.3 is 19.4 Å². The van der Waals surface area contributed by atoms with Crippen molar-refractivity contribution in [3.8, 4) is 5.75 Å². The summed E-state index contributed by atoms with van der Waals surface area (Å²) in [6.45, 7) is 4.54. The highest BCUT2D eigenvalue weighted by Crippen LogP contribution is 2.29. The molecule has 0 aliphatic carbocycles. The number of hydrogen-bond donors (Lipinski definition) is 0. The van der Waals surface area contributed by atoms with Gasteiger partial charge in [-0.1, -0.05) is 23.8 Å². The van der Waals surface area contributed by atoms with Crippen molar-refractivity contribution in [2.45, 2.75) is 19.8 Å². The molecule has 2 aromatic rings. The summed E-state index contributed by atoms with van der Waals surface area (Å²) in [5.74, 6) is 0.253. The van der Waals surface area contributed by atoms with Crippen molar-refractivity contribution < 1.29 is 19.1 Å². The van der Waals surface area contributed by atoms with Crippen LogP contribution in [0.2, 0.25) is 0 Å². The lowest BCUT2D eigenvalue weighted by molar-refractivity contribution is -0.135. The molecular weight excluding hydrogens is 406 g/mol. The Hall–Kier alpha value is -3.35. The summed E-state index contributed by atoms with van der Waals surface area (Å²) in [4.78, 5) is 44.0. The number of carbonyl (C=O) groups is 3. The van der Waals surface area contributed by atoms with Crippen LogP contribution in [0.1, 0.15) is 28.8 Å². The fraction of sp³-hybridized carbons (Fsp3) is 0.400. The molecule has 2 aromatic carbocycles.